The highest BCUT2D eigenvalue weighted by Gasteiger charge is 2.40. The molecule has 0 unspecified atom stereocenters. The summed E-state index contributed by atoms with van der Waals surface area (Å²) in [7, 11) is 4.20. The Morgan fingerprint density at radius 2 is 1.75 bits per heavy atom. The summed E-state index contributed by atoms with van der Waals surface area (Å²) in [4.78, 5) is 40.3. The molecule has 168 valence electrons. The number of hydrogen-bond acceptors (Lipinski definition) is 6. The molecule has 1 N–H and O–H groups in total. The number of halogens is 1. The number of rotatable bonds is 6. The number of benzene rings is 2. The number of esters is 1. The Kier molecular flexibility index (Phi) is 7.05. The van der Waals surface area contributed by atoms with Gasteiger partial charge in [0.1, 0.15) is 11.5 Å². The Morgan fingerprint density at radius 3 is 2.34 bits per heavy atom. The summed E-state index contributed by atoms with van der Waals surface area (Å²) in [5.74, 6) is -1.70. The number of amides is 2. The molecular weight excluding hydrogens is 436 g/mol. The van der Waals surface area contributed by atoms with Crippen LogP contribution < -0.4 is 19.7 Å². The molecule has 1 aliphatic heterocycles. The molecule has 0 radical (unpaired) electrons. The largest absolute Gasteiger partial charge is 0.497 e. The fourth-order valence-electron chi connectivity index (χ4n) is 3.61. The van der Waals surface area contributed by atoms with Crippen molar-refractivity contribution in [2.75, 3.05) is 31.5 Å². The third kappa shape index (κ3) is 4.55. The molecule has 0 fully saturated rings. The van der Waals surface area contributed by atoms with Crippen molar-refractivity contribution in [2.24, 2.45) is 5.92 Å². The van der Waals surface area contributed by atoms with Gasteiger partial charge in [-0.3, -0.25) is 14.5 Å². The Balaban J connectivity index is 2.01. The van der Waals surface area contributed by atoms with E-state index in [1.165, 1.54) is 26.2 Å². The van der Waals surface area contributed by atoms with Gasteiger partial charge in [0, 0.05) is 28.9 Å². The number of nitrogens with zero attached hydrogens (tertiary/aromatic N) is 1. The molecule has 0 spiro atoms. The Hall–Kier alpha value is -3.52. The van der Waals surface area contributed by atoms with Gasteiger partial charge in [0.2, 0.25) is 11.8 Å². The third-order valence-corrected chi connectivity index (χ3v) is 5.42. The van der Waals surface area contributed by atoms with Gasteiger partial charge in [0.25, 0.3) is 0 Å². The number of nitrogens with one attached hydrogen (secondary N) is 1. The summed E-state index contributed by atoms with van der Waals surface area (Å²) < 4.78 is 15.4. The summed E-state index contributed by atoms with van der Waals surface area (Å²) in [6.07, 6.45) is -0.220. The van der Waals surface area contributed by atoms with Crippen molar-refractivity contribution in [1.82, 2.24) is 0 Å². The van der Waals surface area contributed by atoms with E-state index in [-0.39, 0.29) is 17.9 Å². The van der Waals surface area contributed by atoms with Crippen LogP contribution >= 0.6 is 11.6 Å². The van der Waals surface area contributed by atoms with Crippen LogP contribution in [-0.4, -0.2) is 39.1 Å². The standard InChI is InChI=1S/C23H23ClN2O6/c1-13-21(23(29)32-4)17(12-20(27)26(13)15-7-5-14(24)6-8-15)22(28)25-18-11-16(30-2)9-10-19(18)31-3/h5-11,17H,12H2,1-4H3,(H,25,28)/t17-/m1/s1. The first kappa shape index (κ1) is 23.1. The van der Waals surface area contributed by atoms with Crippen molar-refractivity contribution < 1.29 is 28.6 Å². The van der Waals surface area contributed by atoms with Gasteiger partial charge in [-0.15, -0.1) is 0 Å². The smallest absolute Gasteiger partial charge is 0.336 e. The van der Waals surface area contributed by atoms with E-state index in [1.807, 2.05) is 0 Å². The lowest BCUT2D eigenvalue weighted by Gasteiger charge is -2.33. The third-order valence-electron chi connectivity index (χ3n) is 5.17. The monoisotopic (exact) mass is 458 g/mol. The zero-order chi connectivity index (χ0) is 23.4. The number of methoxy groups -OCH3 is 3. The molecule has 0 aromatic heterocycles. The number of hydrogen-bond donors (Lipinski definition) is 1. The van der Waals surface area contributed by atoms with Gasteiger partial charge < -0.3 is 19.5 Å². The highest BCUT2D eigenvalue weighted by Crippen LogP contribution is 2.36. The van der Waals surface area contributed by atoms with E-state index < -0.39 is 17.8 Å². The number of anilines is 2. The Morgan fingerprint density at radius 1 is 1.06 bits per heavy atom. The SMILES string of the molecule is COC(=O)C1=C(C)N(c2ccc(Cl)cc2)C(=O)C[C@H]1C(=O)Nc1cc(OC)ccc1OC. The normalized spacial score (nSPS) is 16.0. The van der Waals surface area contributed by atoms with Crippen LogP contribution in [0.15, 0.2) is 53.7 Å². The van der Waals surface area contributed by atoms with Crippen LogP contribution in [0.5, 0.6) is 11.5 Å². The van der Waals surface area contributed by atoms with E-state index in [1.54, 1.807) is 49.4 Å². The fraction of sp³-hybridized carbons (Fsp3) is 0.261. The van der Waals surface area contributed by atoms with Gasteiger partial charge in [-0.2, -0.15) is 0 Å². The zero-order valence-electron chi connectivity index (χ0n) is 18.1. The lowest BCUT2D eigenvalue weighted by atomic mass is 9.88. The molecule has 3 rings (SSSR count). The molecule has 1 heterocycles. The van der Waals surface area contributed by atoms with Crippen molar-refractivity contribution in [3.05, 3.63) is 58.8 Å². The summed E-state index contributed by atoms with van der Waals surface area (Å²) >= 11 is 5.95. The topological polar surface area (TPSA) is 94.2 Å². The minimum atomic E-state index is -1.05. The maximum Gasteiger partial charge on any atom is 0.336 e. The molecular formula is C23H23ClN2O6. The molecule has 2 aromatic carbocycles. The second kappa shape index (κ2) is 9.74. The van der Waals surface area contributed by atoms with Crippen LogP contribution in [-0.2, 0) is 19.1 Å². The van der Waals surface area contributed by atoms with Crippen molar-refractivity contribution in [3.8, 4) is 11.5 Å². The van der Waals surface area contributed by atoms with E-state index in [2.05, 4.69) is 5.32 Å². The van der Waals surface area contributed by atoms with Gasteiger partial charge in [-0.1, -0.05) is 11.6 Å². The van der Waals surface area contributed by atoms with Gasteiger partial charge in [-0.05, 0) is 43.3 Å². The molecule has 1 atom stereocenters. The van der Waals surface area contributed by atoms with Crippen LogP contribution in [0.3, 0.4) is 0 Å². The average Bonchev–Trinajstić information content (AvgIpc) is 2.79. The van der Waals surface area contributed by atoms with E-state index >= 15 is 0 Å². The molecule has 2 amide bonds. The fourth-order valence-corrected chi connectivity index (χ4v) is 3.74. The summed E-state index contributed by atoms with van der Waals surface area (Å²) in [5, 5.41) is 3.26. The maximum atomic E-state index is 13.2. The lowest BCUT2D eigenvalue weighted by molar-refractivity contribution is -0.138. The summed E-state index contributed by atoms with van der Waals surface area (Å²) in [6.45, 7) is 1.60. The molecule has 8 nitrogen and oxygen atoms in total. The van der Waals surface area contributed by atoms with Crippen LogP contribution in [0.1, 0.15) is 13.3 Å². The first-order chi connectivity index (χ1) is 15.3. The molecule has 0 saturated carbocycles. The second-order valence-electron chi connectivity index (χ2n) is 7.01. The minimum Gasteiger partial charge on any atom is -0.497 e. The predicted octanol–water partition coefficient (Wildman–Crippen LogP) is 3.80. The van der Waals surface area contributed by atoms with Crippen molar-refractivity contribution >= 4 is 40.8 Å². The molecule has 32 heavy (non-hydrogen) atoms. The second-order valence-corrected chi connectivity index (χ2v) is 7.44. The van der Waals surface area contributed by atoms with Crippen LogP contribution in [0.4, 0.5) is 11.4 Å². The van der Waals surface area contributed by atoms with Crippen molar-refractivity contribution in [3.63, 3.8) is 0 Å². The molecule has 0 saturated heterocycles. The molecule has 0 aliphatic carbocycles. The van der Waals surface area contributed by atoms with Gasteiger partial charge in [0.15, 0.2) is 0 Å². The molecule has 0 bridgehead atoms. The number of carbonyl (C=O) groups excluding carboxylic acids is 3. The quantitative estimate of drug-likeness (QED) is 0.662. The van der Waals surface area contributed by atoms with Gasteiger partial charge in [-0.25, -0.2) is 4.79 Å². The highest BCUT2D eigenvalue weighted by atomic mass is 35.5. The number of allylic oxidation sites excluding steroid dienone is 1. The summed E-state index contributed by atoms with van der Waals surface area (Å²) in [6, 6.07) is 11.5. The number of carbonyl (C=O) groups is 3. The first-order valence-electron chi connectivity index (χ1n) is 9.71. The lowest BCUT2D eigenvalue weighted by Crippen LogP contribution is -2.43. The first-order valence-corrected chi connectivity index (χ1v) is 10.1. The molecule has 2 aromatic rings. The van der Waals surface area contributed by atoms with E-state index in [4.69, 9.17) is 25.8 Å². The molecule has 1 aliphatic rings. The van der Waals surface area contributed by atoms with Crippen LogP contribution in [0, 0.1) is 5.92 Å². The van der Waals surface area contributed by atoms with Crippen molar-refractivity contribution in [2.45, 2.75) is 13.3 Å². The number of ether oxygens (including phenoxy) is 3. The van der Waals surface area contributed by atoms with Gasteiger partial charge in [0.05, 0.1) is 38.5 Å². The Labute approximate surface area is 190 Å². The van der Waals surface area contributed by atoms with E-state index in [9.17, 15) is 14.4 Å². The van der Waals surface area contributed by atoms with Crippen LogP contribution in [0.25, 0.3) is 0 Å². The average molecular weight is 459 g/mol. The van der Waals surface area contributed by atoms with Crippen LogP contribution in [0.2, 0.25) is 5.02 Å². The Bertz CT molecular complexity index is 1080. The molecule has 9 heteroatoms. The van der Waals surface area contributed by atoms with Crippen molar-refractivity contribution in [1.29, 1.82) is 0 Å². The minimum absolute atomic E-state index is 0.0985. The van der Waals surface area contributed by atoms with E-state index in [0.717, 1.165) is 0 Å². The van der Waals surface area contributed by atoms with E-state index in [0.29, 0.717) is 33.6 Å². The predicted molar refractivity (Wildman–Crippen MR) is 120 cm³/mol. The summed E-state index contributed by atoms with van der Waals surface area (Å²) in [5.41, 5.74) is 1.30. The zero-order valence-corrected chi connectivity index (χ0v) is 18.9. The highest BCUT2D eigenvalue weighted by molar-refractivity contribution is 6.30. The van der Waals surface area contributed by atoms with Gasteiger partial charge >= 0.3 is 5.97 Å². The maximum absolute atomic E-state index is 13.2.